The van der Waals surface area contributed by atoms with Crippen molar-refractivity contribution in [2.75, 3.05) is 7.11 Å². The van der Waals surface area contributed by atoms with E-state index < -0.39 is 14.9 Å². The molecule has 3 N–H and O–H groups in total. The van der Waals surface area contributed by atoms with Crippen LogP contribution in [0.3, 0.4) is 0 Å². The molecule has 9 heteroatoms. The van der Waals surface area contributed by atoms with Gasteiger partial charge >= 0.3 is 0 Å². The van der Waals surface area contributed by atoms with Gasteiger partial charge in [-0.1, -0.05) is 0 Å². The molecule has 0 aliphatic heterocycles. The zero-order chi connectivity index (χ0) is 14.9. The molecule has 0 aromatic heterocycles. The Balaban J connectivity index is 2.33. The summed E-state index contributed by atoms with van der Waals surface area (Å²) in [5.74, 6) is 0.0618. The second-order valence-electron chi connectivity index (χ2n) is 4.64. The normalized spacial score (nSPS) is 22.1. The van der Waals surface area contributed by atoms with Crippen molar-refractivity contribution in [1.82, 2.24) is 4.72 Å². The maximum atomic E-state index is 12.2. The van der Waals surface area contributed by atoms with Crippen LogP contribution in [-0.4, -0.2) is 32.5 Å². The fourth-order valence-corrected chi connectivity index (χ4v) is 3.48. The predicted octanol–water partition coefficient (Wildman–Crippen LogP) is 0.371. The number of nitrogens with one attached hydrogen (secondary N) is 1. The fraction of sp³-hybridized carbons (Fsp3) is 0.455. The standard InChI is InChI=1S/C11H15N3O5S/c1-19-10-3-2-9(14(15)16)6-11(10)20(17,18)13-8-4-7(12)5-8/h2-3,6-8,13H,4-5,12H2,1H3. The molecule has 0 bridgehead atoms. The summed E-state index contributed by atoms with van der Waals surface area (Å²) in [4.78, 5) is 9.85. The molecule has 1 aromatic carbocycles. The first-order chi connectivity index (χ1) is 9.33. The van der Waals surface area contributed by atoms with Gasteiger partial charge in [-0.05, 0) is 18.9 Å². The number of sulfonamides is 1. The van der Waals surface area contributed by atoms with Gasteiger partial charge in [0.05, 0.1) is 12.0 Å². The number of ether oxygens (including phenoxy) is 1. The molecule has 0 spiro atoms. The van der Waals surface area contributed by atoms with Gasteiger partial charge < -0.3 is 10.5 Å². The Hall–Kier alpha value is -1.71. The first-order valence-electron chi connectivity index (χ1n) is 5.94. The van der Waals surface area contributed by atoms with Gasteiger partial charge in [-0.3, -0.25) is 10.1 Å². The molecule has 0 unspecified atom stereocenters. The molecule has 0 heterocycles. The van der Waals surface area contributed by atoms with Crippen molar-refractivity contribution in [2.24, 2.45) is 5.73 Å². The lowest BCUT2D eigenvalue weighted by Crippen LogP contribution is -2.50. The third-order valence-corrected chi connectivity index (χ3v) is 4.69. The largest absolute Gasteiger partial charge is 0.495 e. The molecule has 2 rings (SSSR count). The lowest BCUT2D eigenvalue weighted by atomic mass is 9.89. The SMILES string of the molecule is COc1ccc([N+](=O)[O-])cc1S(=O)(=O)NC1CC(N)C1. The smallest absolute Gasteiger partial charge is 0.271 e. The first-order valence-corrected chi connectivity index (χ1v) is 7.42. The minimum atomic E-state index is -3.88. The average molecular weight is 301 g/mol. The Morgan fingerprint density at radius 1 is 1.45 bits per heavy atom. The number of hydrogen-bond donors (Lipinski definition) is 2. The van der Waals surface area contributed by atoms with Crippen LogP contribution in [0, 0.1) is 10.1 Å². The molecule has 1 aromatic rings. The predicted molar refractivity (Wildman–Crippen MR) is 71.0 cm³/mol. The van der Waals surface area contributed by atoms with Crippen LogP contribution >= 0.6 is 0 Å². The molecule has 20 heavy (non-hydrogen) atoms. The van der Waals surface area contributed by atoms with E-state index in [1.54, 1.807) is 0 Å². The van der Waals surface area contributed by atoms with Crippen molar-refractivity contribution in [3.8, 4) is 5.75 Å². The molecule has 1 fully saturated rings. The molecule has 1 aliphatic carbocycles. The van der Waals surface area contributed by atoms with Crippen molar-refractivity contribution in [3.05, 3.63) is 28.3 Å². The molecular formula is C11H15N3O5S. The lowest BCUT2D eigenvalue weighted by molar-refractivity contribution is -0.385. The zero-order valence-electron chi connectivity index (χ0n) is 10.8. The van der Waals surface area contributed by atoms with Crippen molar-refractivity contribution in [2.45, 2.75) is 29.8 Å². The van der Waals surface area contributed by atoms with E-state index in [1.807, 2.05) is 0 Å². The highest BCUT2D eigenvalue weighted by Crippen LogP contribution is 2.29. The van der Waals surface area contributed by atoms with E-state index in [2.05, 4.69) is 4.72 Å². The van der Waals surface area contributed by atoms with E-state index in [0.29, 0.717) is 12.8 Å². The van der Waals surface area contributed by atoms with Gasteiger partial charge in [-0.15, -0.1) is 0 Å². The molecule has 0 amide bonds. The van der Waals surface area contributed by atoms with Gasteiger partial charge in [0, 0.05) is 24.2 Å². The summed E-state index contributed by atoms with van der Waals surface area (Å²) in [6.45, 7) is 0. The van der Waals surface area contributed by atoms with Crippen molar-refractivity contribution < 1.29 is 18.1 Å². The van der Waals surface area contributed by atoms with Crippen LogP contribution in [0.2, 0.25) is 0 Å². The van der Waals surface area contributed by atoms with Crippen LogP contribution < -0.4 is 15.2 Å². The Morgan fingerprint density at radius 2 is 2.10 bits per heavy atom. The summed E-state index contributed by atoms with van der Waals surface area (Å²) in [5.41, 5.74) is 5.29. The Kier molecular flexibility index (Phi) is 3.93. The summed E-state index contributed by atoms with van der Waals surface area (Å²) in [6.07, 6.45) is 1.10. The van der Waals surface area contributed by atoms with Crippen LogP contribution in [0.1, 0.15) is 12.8 Å². The minimum Gasteiger partial charge on any atom is -0.495 e. The van der Waals surface area contributed by atoms with Gasteiger partial charge in [0.1, 0.15) is 10.6 Å². The Morgan fingerprint density at radius 3 is 2.60 bits per heavy atom. The number of rotatable bonds is 5. The maximum absolute atomic E-state index is 12.2. The van der Waals surface area contributed by atoms with E-state index in [-0.39, 0.29) is 28.4 Å². The minimum absolute atomic E-state index is 0.00490. The summed E-state index contributed by atoms with van der Waals surface area (Å²) in [6, 6.07) is 3.20. The molecule has 1 saturated carbocycles. The number of methoxy groups -OCH3 is 1. The first kappa shape index (κ1) is 14.7. The lowest BCUT2D eigenvalue weighted by Gasteiger charge is -2.32. The summed E-state index contributed by atoms with van der Waals surface area (Å²) in [5, 5.41) is 10.7. The van der Waals surface area contributed by atoms with E-state index in [0.717, 1.165) is 6.07 Å². The highest BCUT2D eigenvalue weighted by molar-refractivity contribution is 7.89. The molecule has 8 nitrogen and oxygen atoms in total. The summed E-state index contributed by atoms with van der Waals surface area (Å²) >= 11 is 0. The molecule has 0 saturated heterocycles. The van der Waals surface area contributed by atoms with E-state index in [4.69, 9.17) is 10.5 Å². The number of benzene rings is 1. The maximum Gasteiger partial charge on any atom is 0.271 e. The topological polar surface area (TPSA) is 125 Å². The molecule has 1 aliphatic rings. The fourth-order valence-electron chi connectivity index (χ4n) is 2.03. The molecule has 110 valence electrons. The zero-order valence-corrected chi connectivity index (χ0v) is 11.6. The monoisotopic (exact) mass is 301 g/mol. The van der Waals surface area contributed by atoms with Gasteiger partial charge in [0.15, 0.2) is 0 Å². The van der Waals surface area contributed by atoms with E-state index >= 15 is 0 Å². The van der Waals surface area contributed by atoms with Crippen LogP contribution in [0.25, 0.3) is 0 Å². The van der Waals surface area contributed by atoms with Gasteiger partial charge in [-0.25, -0.2) is 13.1 Å². The highest BCUT2D eigenvalue weighted by Gasteiger charge is 2.32. The van der Waals surface area contributed by atoms with Gasteiger partial charge in [-0.2, -0.15) is 0 Å². The molecule has 0 radical (unpaired) electrons. The number of nitro benzene ring substituents is 1. The third kappa shape index (κ3) is 2.89. The van der Waals surface area contributed by atoms with Gasteiger partial charge in [0.2, 0.25) is 10.0 Å². The number of hydrogen-bond acceptors (Lipinski definition) is 6. The second-order valence-corrected chi connectivity index (χ2v) is 6.32. The van der Waals surface area contributed by atoms with Crippen LogP contribution in [0.5, 0.6) is 5.75 Å². The average Bonchev–Trinajstić information content (AvgIpc) is 2.35. The molecular weight excluding hydrogens is 286 g/mol. The summed E-state index contributed by atoms with van der Waals surface area (Å²) in [7, 11) is -2.57. The quantitative estimate of drug-likeness (QED) is 0.598. The molecule has 0 atom stereocenters. The van der Waals surface area contributed by atoms with Crippen molar-refractivity contribution >= 4 is 15.7 Å². The van der Waals surface area contributed by atoms with E-state index in [1.165, 1.54) is 19.2 Å². The Bertz CT molecular complexity index is 625. The third-order valence-electron chi connectivity index (χ3n) is 3.14. The second kappa shape index (κ2) is 5.35. The van der Waals surface area contributed by atoms with Crippen molar-refractivity contribution in [1.29, 1.82) is 0 Å². The number of non-ortho nitro benzene ring substituents is 1. The highest BCUT2D eigenvalue weighted by atomic mass is 32.2. The van der Waals surface area contributed by atoms with Crippen LogP contribution in [0.4, 0.5) is 5.69 Å². The van der Waals surface area contributed by atoms with Crippen LogP contribution in [-0.2, 0) is 10.0 Å². The van der Waals surface area contributed by atoms with Gasteiger partial charge in [0.25, 0.3) is 5.69 Å². The number of nitrogens with two attached hydrogens (primary N) is 1. The number of nitrogens with zero attached hydrogens (tertiary/aromatic N) is 1. The van der Waals surface area contributed by atoms with Crippen LogP contribution in [0.15, 0.2) is 23.1 Å². The van der Waals surface area contributed by atoms with Crippen molar-refractivity contribution in [3.63, 3.8) is 0 Å². The summed E-state index contributed by atoms with van der Waals surface area (Å²) < 4.78 is 31.9. The Labute approximate surface area is 116 Å². The number of nitro groups is 1. The van der Waals surface area contributed by atoms with E-state index in [9.17, 15) is 18.5 Å².